The van der Waals surface area contributed by atoms with Gasteiger partial charge in [0.15, 0.2) is 6.10 Å². The predicted molar refractivity (Wildman–Crippen MR) is 80.8 cm³/mol. The van der Waals surface area contributed by atoms with Gasteiger partial charge < -0.3 is 10.1 Å². The third-order valence-electron chi connectivity index (χ3n) is 4.04. The van der Waals surface area contributed by atoms with E-state index in [1.54, 1.807) is 31.2 Å². The van der Waals surface area contributed by atoms with E-state index in [2.05, 4.69) is 18.3 Å². The number of hydrogen-bond acceptors (Lipinski definition) is 3. The molecule has 2 rings (SSSR count). The lowest BCUT2D eigenvalue weighted by Gasteiger charge is -2.28. The quantitative estimate of drug-likeness (QED) is 0.925. The Kier molecular flexibility index (Phi) is 5.21. The molecular weight excluding hydrogens is 264 g/mol. The largest absolute Gasteiger partial charge is 0.480 e. The molecule has 1 aliphatic rings. The van der Waals surface area contributed by atoms with Crippen LogP contribution in [0, 0.1) is 17.2 Å². The van der Waals surface area contributed by atoms with E-state index in [9.17, 15) is 4.79 Å². The zero-order valence-corrected chi connectivity index (χ0v) is 12.6. The summed E-state index contributed by atoms with van der Waals surface area (Å²) in [6.45, 7) is 3.97. The molecule has 4 heteroatoms. The maximum atomic E-state index is 12.2. The number of rotatable bonds is 4. The van der Waals surface area contributed by atoms with Crippen molar-refractivity contribution in [1.82, 2.24) is 5.32 Å². The molecule has 0 aliphatic heterocycles. The highest BCUT2D eigenvalue weighted by atomic mass is 16.5. The van der Waals surface area contributed by atoms with E-state index in [0.29, 0.717) is 11.3 Å². The third kappa shape index (κ3) is 4.22. The van der Waals surface area contributed by atoms with Crippen molar-refractivity contribution in [3.8, 4) is 11.8 Å². The zero-order valence-electron chi connectivity index (χ0n) is 12.6. The van der Waals surface area contributed by atoms with Crippen LogP contribution in [0.25, 0.3) is 0 Å². The van der Waals surface area contributed by atoms with Crippen LogP contribution in [0.4, 0.5) is 0 Å². The lowest BCUT2D eigenvalue weighted by molar-refractivity contribution is -0.128. The maximum absolute atomic E-state index is 12.2. The van der Waals surface area contributed by atoms with E-state index in [-0.39, 0.29) is 11.9 Å². The first kappa shape index (κ1) is 15.4. The van der Waals surface area contributed by atoms with Crippen LogP contribution in [-0.2, 0) is 4.79 Å². The second-order valence-electron chi connectivity index (χ2n) is 5.83. The fraction of sp³-hybridized carbons (Fsp3) is 0.529. The van der Waals surface area contributed by atoms with E-state index in [1.165, 1.54) is 0 Å². The second kappa shape index (κ2) is 7.12. The molecule has 0 heterocycles. The summed E-state index contributed by atoms with van der Waals surface area (Å²) in [7, 11) is 0. The summed E-state index contributed by atoms with van der Waals surface area (Å²) in [5.41, 5.74) is 0.448. The first-order valence-corrected chi connectivity index (χ1v) is 7.56. The number of para-hydroxylation sites is 1. The Labute approximate surface area is 126 Å². The number of hydrogen-bond donors (Lipinski definition) is 1. The molecule has 1 aromatic carbocycles. The summed E-state index contributed by atoms with van der Waals surface area (Å²) in [5.74, 6) is 1.11. The van der Waals surface area contributed by atoms with Gasteiger partial charge in [-0.1, -0.05) is 19.1 Å². The SMILES string of the molecule is CC1CCC(NC(=O)C(C)Oc2ccccc2C#N)CC1. The van der Waals surface area contributed by atoms with E-state index in [0.717, 1.165) is 31.6 Å². The van der Waals surface area contributed by atoms with E-state index >= 15 is 0 Å². The average Bonchev–Trinajstić information content (AvgIpc) is 2.50. The van der Waals surface area contributed by atoms with Crippen LogP contribution in [-0.4, -0.2) is 18.1 Å². The van der Waals surface area contributed by atoms with Crippen LogP contribution >= 0.6 is 0 Å². The van der Waals surface area contributed by atoms with Crippen LogP contribution in [0.5, 0.6) is 5.75 Å². The summed E-state index contributed by atoms with van der Waals surface area (Å²) in [6, 6.07) is 9.29. The van der Waals surface area contributed by atoms with Gasteiger partial charge in [0.25, 0.3) is 5.91 Å². The molecule has 0 radical (unpaired) electrons. The minimum Gasteiger partial charge on any atom is -0.480 e. The number of carbonyl (C=O) groups is 1. The van der Waals surface area contributed by atoms with Crippen molar-refractivity contribution in [2.24, 2.45) is 5.92 Å². The Balaban J connectivity index is 1.89. The molecule has 1 atom stereocenters. The topological polar surface area (TPSA) is 62.1 Å². The molecule has 0 saturated heterocycles. The fourth-order valence-electron chi connectivity index (χ4n) is 2.63. The molecule has 0 bridgehead atoms. The van der Waals surface area contributed by atoms with Gasteiger partial charge in [0, 0.05) is 6.04 Å². The van der Waals surface area contributed by atoms with Crippen molar-refractivity contribution in [3.05, 3.63) is 29.8 Å². The molecule has 1 N–H and O–H groups in total. The smallest absolute Gasteiger partial charge is 0.260 e. The summed E-state index contributed by atoms with van der Waals surface area (Å²) in [4.78, 5) is 12.2. The van der Waals surface area contributed by atoms with Gasteiger partial charge in [-0.25, -0.2) is 0 Å². The summed E-state index contributed by atoms with van der Waals surface area (Å²) in [5, 5.41) is 12.1. The number of benzene rings is 1. The number of ether oxygens (including phenoxy) is 1. The molecule has 1 saturated carbocycles. The average molecular weight is 286 g/mol. The fourth-order valence-corrected chi connectivity index (χ4v) is 2.63. The van der Waals surface area contributed by atoms with Crippen LogP contribution in [0.3, 0.4) is 0 Å². The van der Waals surface area contributed by atoms with E-state index in [1.807, 2.05) is 0 Å². The third-order valence-corrected chi connectivity index (χ3v) is 4.04. The summed E-state index contributed by atoms with van der Waals surface area (Å²) >= 11 is 0. The van der Waals surface area contributed by atoms with Gasteiger partial charge in [0.05, 0.1) is 5.56 Å². The Morgan fingerprint density at radius 3 is 2.67 bits per heavy atom. The molecule has 1 amide bonds. The normalized spacial score (nSPS) is 22.9. The maximum Gasteiger partial charge on any atom is 0.260 e. The Morgan fingerprint density at radius 2 is 2.00 bits per heavy atom. The van der Waals surface area contributed by atoms with Crippen molar-refractivity contribution in [2.75, 3.05) is 0 Å². The monoisotopic (exact) mass is 286 g/mol. The van der Waals surface area contributed by atoms with Gasteiger partial charge in [-0.2, -0.15) is 5.26 Å². The van der Waals surface area contributed by atoms with Crippen molar-refractivity contribution in [1.29, 1.82) is 5.26 Å². The van der Waals surface area contributed by atoms with Crippen molar-refractivity contribution in [2.45, 2.75) is 51.7 Å². The molecule has 1 aromatic rings. The highest BCUT2D eigenvalue weighted by Gasteiger charge is 2.23. The summed E-state index contributed by atoms with van der Waals surface area (Å²) in [6.07, 6.45) is 3.80. The first-order chi connectivity index (χ1) is 10.1. The lowest BCUT2D eigenvalue weighted by Crippen LogP contribution is -2.43. The van der Waals surface area contributed by atoms with Gasteiger partial charge in [-0.05, 0) is 50.7 Å². The van der Waals surface area contributed by atoms with Crippen LogP contribution < -0.4 is 10.1 Å². The van der Waals surface area contributed by atoms with Gasteiger partial charge >= 0.3 is 0 Å². The van der Waals surface area contributed by atoms with Crippen LogP contribution in [0.1, 0.15) is 45.1 Å². The number of amides is 1. The molecule has 21 heavy (non-hydrogen) atoms. The molecule has 1 unspecified atom stereocenters. The number of nitrogens with one attached hydrogen (secondary N) is 1. The second-order valence-corrected chi connectivity index (χ2v) is 5.83. The van der Waals surface area contributed by atoms with Crippen molar-refractivity contribution < 1.29 is 9.53 Å². The molecular formula is C17H22N2O2. The van der Waals surface area contributed by atoms with Gasteiger partial charge in [0.2, 0.25) is 0 Å². The minimum atomic E-state index is -0.598. The molecule has 112 valence electrons. The van der Waals surface area contributed by atoms with Crippen LogP contribution in [0.2, 0.25) is 0 Å². The Morgan fingerprint density at radius 1 is 1.33 bits per heavy atom. The highest BCUT2D eigenvalue weighted by Crippen LogP contribution is 2.24. The molecule has 0 aromatic heterocycles. The van der Waals surface area contributed by atoms with E-state index in [4.69, 9.17) is 10.00 Å². The zero-order chi connectivity index (χ0) is 15.2. The highest BCUT2D eigenvalue weighted by molar-refractivity contribution is 5.81. The van der Waals surface area contributed by atoms with E-state index < -0.39 is 6.10 Å². The lowest BCUT2D eigenvalue weighted by atomic mass is 9.87. The van der Waals surface area contributed by atoms with Gasteiger partial charge in [-0.3, -0.25) is 4.79 Å². The molecule has 0 spiro atoms. The number of nitrogens with zero attached hydrogens (tertiary/aromatic N) is 1. The molecule has 4 nitrogen and oxygen atoms in total. The standard InChI is InChI=1S/C17H22N2O2/c1-12-7-9-15(10-8-12)19-17(20)13(2)21-16-6-4-3-5-14(16)11-18/h3-6,12-13,15H,7-10H2,1-2H3,(H,19,20). The Bertz CT molecular complexity index is 528. The molecule has 1 aliphatic carbocycles. The van der Waals surface area contributed by atoms with Gasteiger partial charge in [-0.15, -0.1) is 0 Å². The van der Waals surface area contributed by atoms with Crippen molar-refractivity contribution in [3.63, 3.8) is 0 Å². The number of nitriles is 1. The Hall–Kier alpha value is -2.02. The van der Waals surface area contributed by atoms with Gasteiger partial charge in [0.1, 0.15) is 11.8 Å². The van der Waals surface area contributed by atoms with Crippen molar-refractivity contribution >= 4 is 5.91 Å². The predicted octanol–water partition coefficient (Wildman–Crippen LogP) is 3.02. The minimum absolute atomic E-state index is 0.109. The number of carbonyl (C=O) groups excluding carboxylic acids is 1. The van der Waals surface area contributed by atoms with Crippen LogP contribution in [0.15, 0.2) is 24.3 Å². The summed E-state index contributed by atoms with van der Waals surface area (Å²) < 4.78 is 5.63. The first-order valence-electron chi connectivity index (χ1n) is 7.56. The molecule has 1 fully saturated rings.